The predicted molar refractivity (Wildman–Crippen MR) is 210 cm³/mol. The zero-order valence-electron chi connectivity index (χ0n) is 28.0. The van der Waals surface area contributed by atoms with E-state index in [1.165, 1.54) is 21.5 Å². The zero-order valence-corrected chi connectivity index (χ0v) is 28.0. The molecule has 0 amide bonds. The van der Waals surface area contributed by atoms with Gasteiger partial charge in [-0.15, -0.1) is 0 Å². The van der Waals surface area contributed by atoms with Crippen molar-refractivity contribution in [2.75, 3.05) is 0 Å². The van der Waals surface area contributed by atoms with Crippen LogP contribution >= 0.6 is 0 Å². The minimum Gasteiger partial charge on any atom is -0.294 e. The van der Waals surface area contributed by atoms with Gasteiger partial charge >= 0.3 is 0 Å². The molecule has 3 heterocycles. The van der Waals surface area contributed by atoms with Gasteiger partial charge in [-0.1, -0.05) is 158 Å². The lowest BCUT2D eigenvalue weighted by molar-refractivity contribution is 0.424. The molecule has 1 unspecified atom stereocenters. The van der Waals surface area contributed by atoms with E-state index < -0.39 is 5.41 Å². The summed E-state index contributed by atoms with van der Waals surface area (Å²) in [4.78, 5) is 11.5. The van der Waals surface area contributed by atoms with E-state index in [9.17, 15) is 0 Å². The molecule has 0 saturated carbocycles. The average Bonchev–Trinajstić information content (AvgIpc) is 3.73. The molecule has 3 aromatic heterocycles. The van der Waals surface area contributed by atoms with Gasteiger partial charge < -0.3 is 0 Å². The molecule has 0 spiro atoms. The lowest BCUT2D eigenvalue weighted by atomic mass is 9.63. The first-order chi connectivity index (χ1) is 25.3. The minimum absolute atomic E-state index is 0.0618. The standard InChI is InChI=1S/C47H34N4/c1-4-18-33(19-5-1)47(34-20-6-2-7-21-34,35-22-8-3-9-23-35)46-48-44(50-40-28-14-10-24-36(40)37-25-11-15-29-41(37)50)32-45(49-46)51-42-30-16-12-26-38(42)39-27-13-17-31-43(39)51/h1-22,24-32,35H,23H2. The zero-order chi connectivity index (χ0) is 33.8. The first-order valence-corrected chi connectivity index (χ1v) is 17.6. The minimum atomic E-state index is -0.702. The van der Waals surface area contributed by atoms with E-state index in [1.54, 1.807) is 0 Å². The van der Waals surface area contributed by atoms with Crippen molar-refractivity contribution in [3.8, 4) is 11.6 Å². The Kier molecular flexibility index (Phi) is 6.81. The summed E-state index contributed by atoms with van der Waals surface area (Å²) in [5.74, 6) is 2.49. The molecular formula is C47H34N4. The highest BCUT2D eigenvalue weighted by Crippen LogP contribution is 2.48. The Bertz CT molecular complexity index is 2510. The van der Waals surface area contributed by atoms with E-state index in [1.807, 2.05) is 0 Å². The summed E-state index contributed by atoms with van der Waals surface area (Å²) in [6, 6.07) is 58.5. The number of fused-ring (bicyclic) bond motifs is 6. The molecule has 1 aliphatic carbocycles. The number of nitrogens with zero attached hydrogens (tertiary/aromatic N) is 4. The Hall–Kier alpha value is -6.52. The third-order valence-electron chi connectivity index (χ3n) is 10.7. The molecule has 10 rings (SSSR count). The second-order valence-corrected chi connectivity index (χ2v) is 13.3. The number of hydrogen-bond acceptors (Lipinski definition) is 2. The summed E-state index contributed by atoms with van der Waals surface area (Å²) in [6.07, 6.45) is 9.80. The van der Waals surface area contributed by atoms with Crippen LogP contribution in [0.3, 0.4) is 0 Å². The largest absolute Gasteiger partial charge is 0.294 e. The van der Waals surface area contributed by atoms with E-state index in [2.05, 4.69) is 197 Å². The van der Waals surface area contributed by atoms with Gasteiger partial charge in [-0.05, 0) is 41.8 Å². The molecule has 0 bridgehead atoms. The van der Waals surface area contributed by atoms with Crippen molar-refractivity contribution in [3.05, 3.63) is 205 Å². The van der Waals surface area contributed by atoms with Gasteiger partial charge in [-0.25, -0.2) is 9.97 Å². The molecule has 6 aromatic carbocycles. The quantitative estimate of drug-likeness (QED) is 0.179. The summed E-state index contributed by atoms with van der Waals surface area (Å²) in [5, 5.41) is 4.79. The highest BCUT2D eigenvalue weighted by molar-refractivity contribution is 6.10. The number of para-hydroxylation sites is 4. The molecule has 4 heteroatoms. The summed E-state index contributed by atoms with van der Waals surface area (Å²) >= 11 is 0. The molecule has 1 aliphatic rings. The van der Waals surface area contributed by atoms with Crippen LogP contribution in [0.15, 0.2) is 188 Å². The molecule has 0 N–H and O–H groups in total. The van der Waals surface area contributed by atoms with Crippen LogP contribution in [0.4, 0.5) is 0 Å². The topological polar surface area (TPSA) is 35.6 Å². The maximum atomic E-state index is 5.73. The van der Waals surface area contributed by atoms with Crippen molar-refractivity contribution in [1.82, 2.24) is 19.1 Å². The van der Waals surface area contributed by atoms with Gasteiger partial charge in [0.25, 0.3) is 0 Å². The van der Waals surface area contributed by atoms with Crippen LogP contribution in [0.2, 0.25) is 0 Å². The number of rotatable bonds is 6. The van der Waals surface area contributed by atoms with Crippen molar-refractivity contribution in [3.63, 3.8) is 0 Å². The second-order valence-electron chi connectivity index (χ2n) is 13.3. The molecule has 0 radical (unpaired) electrons. The Labute approximate surface area is 296 Å². The SMILES string of the molecule is C1=CCC(C(c2ccccc2)(c2ccccc2)c2nc(-n3c4ccccc4c4ccccc43)cc(-n3c4ccccc4c4ccccc43)n2)C=C1. The van der Waals surface area contributed by atoms with Gasteiger partial charge in [0.15, 0.2) is 0 Å². The van der Waals surface area contributed by atoms with Crippen molar-refractivity contribution < 1.29 is 0 Å². The van der Waals surface area contributed by atoms with Crippen LogP contribution < -0.4 is 0 Å². The fourth-order valence-corrected chi connectivity index (χ4v) is 8.49. The van der Waals surface area contributed by atoms with Crippen LogP contribution in [0.1, 0.15) is 23.4 Å². The highest BCUT2D eigenvalue weighted by Gasteiger charge is 2.46. The third-order valence-corrected chi connectivity index (χ3v) is 10.7. The van der Waals surface area contributed by atoms with Crippen LogP contribution in [0.25, 0.3) is 55.2 Å². The first kappa shape index (κ1) is 29.4. The Morgan fingerprint density at radius 1 is 0.451 bits per heavy atom. The molecule has 0 saturated heterocycles. The summed E-state index contributed by atoms with van der Waals surface area (Å²) in [6.45, 7) is 0. The maximum Gasteiger partial charge on any atom is 0.148 e. The van der Waals surface area contributed by atoms with Gasteiger partial charge in [-0.3, -0.25) is 9.13 Å². The fourth-order valence-electron chi connectivity index (χ4n) is 8.49. The summed E-state index contributed by atoms with van der Waals surface area (Å²) in [5.41, 5.74) is 6.07. The van der Waals surface area contributed by atoms with Gasteiger partial charge in [0.05, 0.1) is 27.5 Å². The van der Waals surface area contributed by atoms with Gasteiger partial charge in [0, 0.05) is 33.5 Å². The van der Waals surface area contributed by atoms with Crippen molar-refractivity contribution >= 4 is 43.6 Å². The van der Waals surface area contributed by atoms with Gasteiger partial charge in [-0.2, -0.15) is 0 Å². The molecule has 0 fully saturated rings. The number of allylic oxidation sites excluding steroid dienone is 4. The predicted octanol–water partition coefficient (Wildman–Crippen LogP) is 11.1. The third kappa shape index (κ3) is 4.46. The maximum absolute atomic E-state index is 5.73. The van der Waals surface area contributed by atoms with E-state index >= 15 is 0 Å². The Morgan fingerprint density at radius 2 is 0.843 bits per heavy atom. The van der Waals surface area contributed by atoms with Crippen LogP contribution in [0, 0.1) is 5.92 Å². The lowest BCUT2D eigenvalue weighted by Crippen LogP contribution is -2.39. The first-order valence-electron chi connectivity index (χ1n) is 17.6. The van der Waals surface area contributed by atoms with E-state index in [0.717, 1.165) is 57.1 Å². The Balaban J connectivity index is 1.39. The van der Waals surface area contributed by atoms with Crippen LogP contribution in [-0.4, -0.2) is 19.1 Å². The van der Waals surface area contributed by atoms with Crippen LogP contribution in [-0.2, 0) is 5.41 Å². The van der Waals surface area contributed by atoms with Crippen LogP contribution in [0.5, 0.6) is 0 Å². The normalized spacial score (nSPS) is 14.6. The van der Waals surface area contributed by atoms with E-state index in [4.69, 9.17) is 9.97 Å². The fraction of sp³-hybridized carbons (Fsp3) is 0.0638. The average molecular weight is 655 g/mol. The van der Waals surface area contributed by atoms with Crippen molar-refractivity contribution in [1.29, 1.82) is 0 Å². The monoisotopic (exact) mass is 654 g/mol. The molecule has 1 atom stereocenters. The highest BCUT2D eigenvalue weighted by atomic mass is 15.2. The van der Waals surface area contributed by atoms with E-state index in [-0.39, 0.29) is 5.92 Å². The summed E-state index contributed by atoms with van der Waals surface area (Å²) < 4.78 is 4.65. The molecule has 242 valence electrons. The van der Waals surface area contributed by atoms with Crippen molar-refractivity contribution in [2.24, 2.45) is 5.92 Å². The number of aromatic nitrogens is 4. The second kappa shape index (κ2) is 11.8. The van der Waals surface area contributed by atoms with Gasteiger partial charge in [0.2, 0.25) is 0 Å². The summed E-state index contributed by atoms with van der Waals surface area (Å²) in [7, 11) is 0. The smallest absolute Gasteiger partial charge is 0.148 e. The van der Waals surface area contributed by atoms with Crippen molar-refractivity contribution in [2.45, 2.75) is 11.8 Å². The number of benzene rings is 6. The van der Waals surface area contributed by atoms with Gasteiger partial charge in [0.1, 0.15) is 17.5 Å². The Morgan fingerprint density at radius 3 is 1.24 bits per heavy atom. The molecule has 0 aliphatic heterocycles. The molecular weight excluding hydrogens is 621 g/mol. The molecule has 51 heavy (non-hydrogen) atoms. The molecule has 4 nitrogen and oxygen atoms in total. The van der Waals surface area contributed by atoms with E-state index in [0.29, 0.717) is 0 Å². The number of hydrogen-bond donors (Lipinski definition) is 0. The molecule has 9 aromatic rings. The lowest BCUT2D eigenvalue weighted by Gasteiger charge is -2.40.